The minimum absolute atomic E-state index is 0.201. The molecule has 83 heavy (non-hydrogen) atoms. The van der Waals surface area contributed by atoms with E-state index in [4.69, 9.17) is 33.2 Å². The average Bonchev–Trinajstić information content (AvgIpc) is 1.22. The van der Waals surface area contributed by atoms with Crippen molar-refractivity contribution in [1.29, 1.82) is 0 Å². The fourth-order valence-electron chi connectivity index (χ4n) is 12.6. The first-order valence-corrected chi connectivity index (χ1v) is 27.3. The summed E-state index contributed by atoms with van der Waals surface area (Å²) in [5.41, 5.74) is 0. The largest absolute Gasteiger partial charge is 0.394 e. The molecule has 0 amide bonds. The predicted octanol–water partition coefficient (Wildman–Crippen LogP) is -18.5. The van der Waals surface area contributed by atoms with Crippen LogP contribution in [0.3, 0.4) is 0 Å². The molecule has 7 fully saturated rings. The zero-order valence-corrected chi connectivity index (χ0v) is 43.9. The van der Waals surface area contributed by atoms with E-state index >= 15 is 0 Å². The summed E-state index contributed by atoms with van der Waals surface area (Å²) < 4.78 is 40.1. The molecule has 7 heterocycles. The second-order valence-electron chi connectivity index (χ2n) is 22.2. The molecular formula is C45H78O37S. The van der Waals surface area contributed by atoms with Crippen LogP contribution in [0.15, 0.2) is 0 Å². The third-order valence-corrected chi connectivity index (χ3v) is 18.6. The summed E-state index contributed by atoms with van der Waals surface area (Å²) in [4.78, 5) is 0. The molecule has 486 valence electrons. The van der Waals surface area contributed by atoms with Crippen LogP contribution in [0.4, 0.5) is 0 Å². The van der Waals surface area contributed by atoms with Gasteiger partial charge in [0.1, 0.15) is 134 Å². The lowest BCUT2D eigenvalue weighted by Gasteiger charge is -2.59. The second-order valence-corrected chi connectivity index (χ2v) is 23.4. The first-order chi connectivity index (χ1) is 38.7. The third-order valence-electron chi connectivity index (χ3n) is 17.1. The monoisotopic (exact) mass is 1240 g/mol. The van der Waals surface area contributed by atoms with Crippen molar-refractivity contribution in [2.45, 2.75) is 233 Å². The van der Waals surface area contributed by atoms with Crippen LogP contribution in [0, 0.1) is 29.6 Å². The van der Waals surface area contributed by atoms with Gasteiger partial charge in [0.05, 0.1) is 49.3 Å². The molecule has 30 N–H and O–H groups in total. The maximum absolute atomic E-state index is 12.4. The molecule has 0 aromatic carbocycles. The maximum atomic E-state index is 12.4. The van der Waals surface area contributed by atoms with Crippen molar-refractivity contribution < 1.29 is 186 Å². The topological polar surface area (TPSA) is 672 Å². The van der Waals surface area contributed by atoms with Gasteiger partial charge >= 0.3 is 0 Å². The Balaban J connectivity index is 1.69. The van der Waals surface area contributed by atoms with E-state index < -0.39 is 275 Å². The van der Waals surface area contributed by atoms with E-state index in [0.717, 1.165) is 0 Å². The van der Waals surface area contributed by atoms with Crippen molar-refractivity contribution in [2.75, 3.05) is 12.4 Å². The minimum atomic E-state index is -2.90. The van der Waals surface area contributed by atoms with Crippen LogP contribution in [0.2, 0.25) is 0 Å². The summed E-state index contributed by atoms with van der Waals surface area (Å²) in [7, 11) is 0. The van der Waals surface area contributed by atoms with Crippen LogP contribution in [0.25, 0.3) is 0 Å². The highest BCUT2D eigenvalue weighted by Crippen LogP contribution is 2.55. The summed E-state index contributed by atoms with van der Waals surface area (Å²) in [5.74, 6) is -14.7. The summed E-state index contributed by atoms with van der Waals surface area (Å²) >= 11 is 0.201. The van der Waals surface area contributed by atoms with Crippen molar-refractivity contribution in [3.05, 3.63) is 0 Å². The van der Waals surface area contributed by atoms with Gasteiger partial charge in [0, 0.05) is 22.8 Å². The Morgan fingerprint density at radius 2 is 0.518 bits per heavy atom. The third kappa shape index (κ3) is 13.4. The van der Waals surface area contributed by atoms with E-state index in [1.54, 1.807) is 0 Å². The second kappa shape index (κ2) is 27.9. The Labute approximate surface area is 472 Å². The maximum Gasteiger partial charge on any atom is 0.184 e. The smallest absolute Gasteiger partial charge is 0.184 e. The van der Waals surface area contributed by atoms with Crippen molar-refractivity contribution >= 4 is 11.8 Å². The number of aliphatic hydroxyl groups is 30. The lowest BCUT2D eigenvalue weighted by molar-refractivity contribution is -0.355. The van der Waals surface area contributed by atoms with Crippen molar-refractivity contribution in [3.8, 4) is 0 Å². The fraction of sp³-hybridized carbons (Fsp3) is 1.00. The number of rotatable bonds is 17. The quantitative estimate of drug-likeness (QED) is 0.0643. The number of hydrogen-bond donors (Lipinski definition) is 30. The lowest BCUT2D eigenvalue weighted by atomic mass is 9.56. The predicted molar refractivity (Wildman–Crippen MR) is 254 cm³/mol. The molecule has 42 unspecified atom stereocenters. The van der Waals surface area contributed by atoms with E-state index in [0.29, 0.717) is 0 Å². The zero-order valence-electron chi connectivity index (χ0n) is 43.1. The van der Waals surface area contributed by atoms with Crippen LogP contribution in [0.1, 0.15) is 6.42 Å². The summed E-state index contributed by atoms with van der Waals surface area (Å²) in [5, 5.41) is 338. The van der Waals surface area contributed by atoms with E-state index in [9.17, 15) is 153 Å². The normalized spacial score (nSPS) is 53.8. The average molecular weight is 1240 g/mol. The molecule has 38 heteroatoms. The van der Waals surface area contributed by atoms with Gasteiger partial charge in [0.25, 0.3) is 0 Å². The standard InChI is InChI=1S/C45H78O37S/c46-2-4(47)3-83-38(37-24(61)18(55)31(68)45(75)82-37)10(36-23(60)17(54)30(67)44(74)81-36)9(35-22(59)16(53)29(66)43(73)80-35)8(34-21(58)15(52)28(65)42(72)79-34)7(33-20(57)14(51)27(64)41(71)78-33)5(32-19(56)13(50)26(63)40(70)77-32)1-6-11(48)12(49)25(62)39(69)76-6/h4-75H,1-3H2. The molecular weight excluding hydrogens is 1160 g/mol. The van der Waals surface area contributed by atoms with Gasteiger partial charge in [-0.25, -0.2) is 0 Å². The first kappa shape index (κ1) is 69.3. The molecule has 7 aliphatic heterocycles. The molecule has 0 aromatic rings. The molecule has 0 aromatic heterocycles. The Kier molecular flexibility index (Phi) is 23.3. The highest BCUT2D eigenvalue weighted by Gasteiger charge is 2.67. The van der Waals surface area contributed by atoms with Gasteiger partial charge in [-0.1, -0.05) is 0 Å². The van der Waals surface area contributed by atoms with Gasteiger partial charge in [-0.3, -0.25) is 0 Å². The first-order valence-electron chi connectivity index (χ1n) is 26.3. The fourth-order valence-corrected chi connectivity index (χ4v) is 14.1. The molecule has 0 saturated carbocycles. The summed E-state index contributed by atoms with van der Waals surface area (Å²) in [6, 6.07) is 0. The van der Waals surface area contributed by atoms with Crippen molar-refractivity contribution in [1.82, 2.24) is 0 Å². The Bertz CT molecular complexity index is 2030. The molecule has 7 saturated heterocycles. The van der Waals surface area contributed by atoms with Crippen molar-refractivity contribution in [2.24, 2.45) is 29.6 Å². The molecule has 0 radical (unpaired) electrons. The molecule has 37 nitrogen and oxygen atoms in total. The Morgan fingerprint density at radius 3 is 0.867 bits per heavy atom. The molecule has 0 aliphatic carbocycles. The number of hydrogen-bond acceptors (Lipinski definition) is 38. The summed E-state index contributed by atoms with van der Waals surface area (Å²) in [6.45, 7) is -1.15. The number of thioether (sulfide) groups is 1. The van der Waals surface area contributed by atoms with Crippen molar-refractivity contribution in [3.63, 3.8) is 0 Å². The van der Waals surface area contributed by atoms with Gasteiger partial charge in [-0.2, -0.15) is 11.8 Å². The highest BCUT2D eigenvalue weighted by molar-refractivity contribution is 8.00. The van der Waals surface area contributed by atoms with Gasteiger partial charge in [-0.05, 0) is 24.2 Å². The lowest BCUT2D eigenvalue weighted by Crippen LogP contribution is -2.73. The Morgan fingerprint density at radius 1 is 0.265 bits per heavy atom. The van der Waals surface area contributed by atoms with Gasteiger partial charge in [0.15, 0.2) is 44.0 Å². The van der Waals surface area contributed by atoms with E-state index in [2.05, 4.69) is 0 Å². The minimum Gasteiger partial charge on any atom is -0.394 e. The van der Waals surface area contributed by atoms with Gasteiger partial charge in [0.2, 0.25) is 0 Å². The van der Waals surface area contributed by atoms with Crippen LogP contribution in [-0.4, -0.2) is 392 Å². The van der Waals surface area contributed by atoms with E-state index in [-0.39, 0.29) is 11.8 Å². The Hall–Kier alpha value is -1.13. The SMILES string of the molecule is OCC(O)CSC(C1OC(O)C(O)C(O)C1O)C(C1OC(O)C(O)C(O)C1O)C(C1OC(O)C(O)C(O)C1O)C(C1OC(O)C(O)C(O)C1O)C(C(CC1OC(O)C(O)C(O)C1O)C1OC(O)C(O)C(O)C1O)C1OC(O)C(O)C(O)C1O. The molecule has 0 spiro atoms. The van der Waals surface area contributed by atoms with Crippen LogP contribution >= 0.6 is 11.8 Å². The summed E-state index contributed by atoms with van der Waals surface area (Å²) in [6.07, 6.45) is -96.0. The highest BCUT2D eigenvalue weighted by atomic mass is 32.2. The molecule has 0 bridgehead atoms. The van der Waals surface area contributed by atoms with Gasteiger partial charge < -0.3 is 186 Å². The molecule has 7 aliphatic rings. The van der Waals surface area contributed by atoms with Crippen LogP contribution in [0.5, 0.6) is 0 Å². The van der Waals surface area contributed by atoms with Crippen LogP contribution < -0.4 is 0 Å². The number of ether oxygens (including phenoxy) is 7. The van der Waals surface area contributed by atoms with Crippen LogP contribution in [-0.2, 0) is 33.2 Å². The van der Waals surface area contributed by atoms with E-state index in [1.165, 1.54) is 0 Å². The zero-order chi connectivity index (χ0) is 62.0. The molecule has 42 atom stereocenters. The van der Waals surface area contributed by atoms with E-state index in [1.807, 2.05) is 0 Å². The van der Waals surface area contributed by atoms with Gasteiger partial charge in [-0.15, -0.1) is 0 Å². The molecule has 7 rings (SSSR count). The number of aliphatic hydroxyl groups excluding tert-OH is 30.